The van der Waals surface area contributed by atoms with Crippen LogP contribution in [0.2, 0.25) is 0 Å². The van der Waals surface area contributed by atoms with Gasteiger partial charge in [-0.15, -0.1) is 0 Å². The molecule has 0 fully saturated rings. The smallest absolute Gasteiger partial charge is 0.0328 e. The van der Waals surface area contributed by atoms with Crippen molar-refractivity contribution in [3.8, 4) is 0 Å². The van der Waals surface area contributed by atoms with E-state index in [1.165, 1.54) is 148 Å². The molecule has 0 atom stereocenters. The van der Waals surface area contributed by atoms with Crippen LogP contribution in [0.25, 0.3) is 0 Å². The fourth-order valence-electron chi connectivity index (χ4n) is 4.56. The largest absolute Gasteiger partial charge is 0.0654 e. The van der Waals surface area contributed by atoms with E-state index in [9.17, 15) is 0 Å². The molecule has 0 heterocycles. The normalized spacial score (nSPS) is 12.0. The van der Waals surface area contributed by atoms with Gasteiger partial charge in [-0.3, -0.25) is 0 Å². The molecule has 0 saturated carbocycles. The van der Waals surface area contributed by atoms with E-state index in [4.69, 9.17) is 0 Å². The van der Waals surface area contributed by atoms with E-state index in [1.807, 2.05) is 0 Å². The van der Waals surface area contributed by atoms with E-state index in [-0.39, 0.29) is 0 Å². The summed E-state index contributed by atoms with van der Waals surface area (Å²) >= 11 is 0. The second-order valence-corrected chi connectivity index (χ2v) is 10.0. The maximum atomic E-state index is 2.56. The summed E-state index contributed by atoms with van der Waals surface area (Å²) in [4.78, 5) is 0. The topological polar surface area (TPSA) is 0 Å². The van der Waals surface area contributed by atoms with Gasteiger partial charge in [0.05, 0.1) is 0 Å². The Balaban J connectivity index is 3.47. The monoisotopic (exact) mass is 394 g/mol. The van der Waals surface area contributed by atoms with Crippen LogP contribution in [0, 0.1) is 5.41 Å². The Hall–Kier alpha value is 0. The minimum Gasteiger partial charge on any atom is -0.0654 e. The standard InChI is InChI=1S/C28H58/c1-5-8-10-12-14-16-18-20-22-24-26-28(4,7-3)27-25-23-21-19-17-15-13-11-9-6-2/h5-27H2,1-4H3. The molecule has 170 valence electrons. The molecular formula is C28H58. The molecule has 0 aliphatic rings. The molecule has 0 aromatic carbocycles. The van der Waals surface area contributed by atoms with Crippen LogP contribution in [0.5, 0.6) is 0 Å². The summed E-state index contributed by atoms with van der Waals surface area (Å²) in [5, 5.41) is 0. The summed E-state index contributed by atoms with van der Waals surface area (Å²) in [5.41, 5.74) is 0.625. The molecule has 0 heteroatoms. The average molecular weight is 395 g/mol. The van der Waals surface area contributed by atoms with Crippen molar-refractivity contribution in [2.24, 2.45) is 5.41 Å². The van der Waals surface area contributed by atoms with Gasteiger partial charge in [-0.05, 0) is 18.3 Å². The molecule has 0 rings (SSSR count). The minimum absolute atomic E-state index is 0.625. The average Bonchev–Trinajstić information content (AvgIpc) is 2.71. The zero-order valence-electron chi connectivity index (χ0n) is 20.8. The van der Waals surface area contributed by atoms with Crippen molar-refractivity contribution in [1.82, 2.24) is 0 Å². The summed E-state index contributed by atoms with van der Waals surface area (Å²) in [7, 11) is 0. The van der Waals surface area contributed by atoms with E-state index >= 15 is 0 Å². The molecule has 0 aliphatic carbocycles. The van der Waals surface area contributed by atoms with Crippen LogP contribution < -0.4 is 0 Å². The highest BCUT2D eigenvalue weighted by atomic mass is 14.3. The number of rotatable bonds is 23. The molecule has 0 N–H and O–H groups in total. The SMILES string of the molecule is CCCCCCCCCCCCC(C)(CC)CCCCCCCCCCCC. The molecule has 0 unspecified atom stereocenters. The first-order valence-corrected chi connectivity index (χ1v) is 13.7. The molecule has 28 heavy (non-hydrogen) atoms. The predicted octanol–water partition coefficient (Wildman–Crippen LogP) is 11.0. The van der Waals surface area contributed by atoms with Crippen molar-refractivity contribution >= 4 is 0 Å². The minimum atomic E-state index is 0.625. The molecule has 0 spiro atoms. The van der Waals surface area contributed by atoms with Crippen molar-refractivity contribution in [2.75, 3.05) is 0 Å². The van der Waals surface area contributed by atoms with Crippen LogP contribution in [-0.2, 0) is 0 Å². The Morgan fingerprint density at radius 2 is 0.607 bits per heavy atom. The quantitative estimate of drug-likeness (QED) is 0.151. The maximum absolute atomic E-state index is 2.56. The van der Waals surface area contributed by atoms with Crippen molar-refractivity contribution in [3.63, 3.8) is 0 Å². The molecule has 0 aliphatic heterocycles. The van der Waals surface area contributed by atoms with Gasteiger partial charge in [0.15, 0.2) is 0 Å². The van der Waals surface area contributed by atoms with Crippen LogP contribution in [0.4, 0.5) is 0 Å². The van der Waals surface area contributed by atoms with E-state index in [0.29, 0.717) is 5.41 Å². The van der Waals surface area contributed by atoms with Gasteiger partial charge in [0, 0.05) is 0 Å². The molecular weight excluding hydrogens is 336 g/mol. The van der Waals surface area contributed by atoms with Gasteiger partial charge in [0.1, 0.15) is 0 Å². The molecule has 0 bridgehead atoms. The van der Waals surface area contributed by atoms with Crippen molar-refractivity contribution in [3.05, 3.63) is 0 Å². The number of hydrogen-bond donors (Lipinski definition) is 0. The number of unbranched alkanes of at least 4 members (excludes halogenated alkanes) is 18. The predicted molar refractivity (Wildman–Crippen MR) is 131 cm³/mol. The Morgan fingerprint density at radius 3 is 0.857 bits per heavy atom. The third kappa shape index (κ3) is 19.3. The van der Waals surface area contributed by atoms with Gasteiger partial charge in [-0.2, -0.15) is 0 Å². The summed E-state index contributed by atoms with van der Waals surface area (Å²) in [6.07, 6.45) is 33.5. The van der Waals surface area contributed by atoms with Gasteiger partial charge in [0.2, 0.25) is 0 Å². The number of hydrogen-bond acceptors (Lipinski definition) is 0. The lowest BCUT2D eigenvalue weighted by Crippen LogP contribution is -2.15. The highest BCUT2D eigenvalue weighted by molar-refractivity contribution is 4.73. The van der Waals surface area contributed by atoms with Crippen LogP contribution in [-0.4, -0.2) is 0 Å². The molecule has 0 aromatic rings. The summed E-state index contributed by atoms with van der Waals surface area (Å²) < 4.78 is 0. The lowest BCUT2D eigenvalue weighted by atomic mass is 9.77. The third-order valence-electron chi connectivity index (χ3n) is 7.12. The Morgan fingerprint density at radius 1 is 0.357 bits per heavy atom. The van der Waals surface area contributed by atoms with Crippen LogP contribution in [0.1, 0.15) is 175 Å². The lowest BCUT2D eigenvalue weighted by Gasteiger charge is -2.28. The van der Waals surface area contributed by atoms with Gasteiger partial charge >= 0.3 is 0 Å². The molecule has 0 nitrogen and oxygen atoms in total. The van der Waals surface area contributed by atoms with Gasteiger partial charge in [0.25, 0.3) is 0 Å². The van der Waals surface area contributed by atoms with Gasteiger partial charge in [-0.1, -0.05) is 163 Å². The first kappa shape index (κ1) is 28.0. The Bertz CT molecular complexity index is 256. The summed E-state index contributed by atoms with van der Waals surface area (Å²) in [6.45, 7) is 9.60. The van der Waals surface area contributed by atoms with Gasteiger partial charge in [-0.25, -0.2) is 0 Å². The van der Waals surface area contributed by atoms with Crippen LogP contribution >= 0.6 is 0 Å². The van der Waals surface area contributed by atoms with Crippen molar-refractivity contribution < 1.29 is 0 Å². The fraction of sp³-hybridized carbons (Fsp3) is 1.00. The van der Waals surface area contributed by atoms with E-state index < -0.39 is 0 Å². The van der Waals surface area contributed by atoms with Crippen molar-refractivity contribution in [1.29, 1.82) is 0 Å². The first-order chi connectivity index (χ1) is 13.7. The lowest BCUT2D eigenvalue weighted by molar-refractivity contribution is 0.241. The van der Waals surface area contributed by atoms with Gasteiger partial charge < -0.3 is 0 Å². The van der Waals surface area contributed by atoms with E-state index in [2.05, 4.69) is 27.7 Å². The first-order valence-electron chi connectivity index (χ1n) is 13.7. The molecule has 0 aromatic heterocycles. The second-order valence-electron chi connectivity index (χ2n) is 10.0. The molecule has 0 saturated heterocycles. The highest BCUT2D eigenvalue weighted by Crippen LogP contribution is 2.34. The Kier molecular flexibility index (Phi) is 21.7. The zero-order chi connectivity index (χ0) is 20.8. The zero-order valence-corrected chi connectivity index (χ0v) is 20.8. The third-order valence-corrected chi connectivity index (χ3v) is 7.12. The maximum Gasteiger partial charge on any atom is -0.0328 e. The summed E-state index contributed by atoms with van der Waals surface area (Å²) in [6, 6.07) is 0. The van der Waals surface area contributed by atoms with E-state index in [0.717, 1.165) is 0 Å². The molecule has 0 amide bonds. The Labute approximate surface area is 181 Å². The van der Waals surface area contributed by atoms with Crippen LogP contribution in [0.3, 0.4) is 0 Å². The summed E-state index contributed by atoms with van der Waals surface area (Å²) in [5.74, 6) is 0. The second kappa shape index (κ2) is 21.7. The van der Waals surface area contributed by atoms with Crippen LogP contribution in [0.15, 0.2) is 0 Å². The highest BCUT2D eigenvalue weighted by Gasteiger charge is 2.20. The fourth-order valence-corrected chi connectivity index (χ4v) is 4.56. The van der Waals surface area contributed by atoms with Crippen molar-refractivity contribution in [2.45, 2.75) is 175 Å². The van der Waals surface area contributed by atoms with E-state index in [1.54, 1.807) is 0 Å². The molecule has 0 radical (unpaired) electrons.